The fourth-order valence-corrected chi connectivity index (χ4v) is 2.52. The molecule has 0 aliphatic heterocycles. The van der Waals surface area contributed by atoms with Crippen LogP contribution in [-0.2, 0) is 0 Å². The van der Waals surface area contributed by atoms with Gasteiger partial charge in [0.05, 0.1) is 6.33 Å². The minimum Gasteiger partial charge on any atom is -0.355 e. The highest BCUT2D eigenvalue weighted by molar-refractivity contribution is 6.32. The van der Waals surface area contributed by atoms with E-state index in [4.69, 9.17) is 17.3 Å². The van der Waals surface area contributed by atoms with Crippen LogP contribution in [-0.4, -0.2) is 29.1 Å². The van der Waals surface area contributed by atoms with Gasteiger partial charge in [-0.3, -0.25) is 4.79 Å². The van der Waals surface area contributed by atoms with E-state index in [9.17, 15) is 4.79 Å². The summed E-state index contributed by atoms with van der Waals surface area (Å²) in [6, 6.07) is 0.670. The highest BCUT2D eigenvalue weighted by atomic mass is 35.5. The number of nitrogens with zero attached hydrogens (tertiary/aromatic N) is 2. The Morgan fingerprint density at radius 1 is 1.47 bits per heavy atom. The zero-order chi connectivity index (χ0) is 12.4. The number of hydrogen-bond donors (Lipinski definition) is 2. The molecule has 1 aromatic rings. The van der Waals surface area contributed by atoms with E-state index in [-0.39, 0.29) is 10.6 Å². The monoisotopic (exact) mass is 256 g/mol. The van der Waals surface area contributed by atoms with Crippen LogP contribution in [0.2, 0.25) is 5.02 Å². The first-order chi connectivity index (χ1) is 8.09. The Kier molecular flexibility index (Phi) is 3.69. The minimum absolute atomic E-state index is 0.157. The zero-order valence-corrected chi connectivity index (χ0v) is 10.6. The van der Waals surface area contributed by atoms with Gasteiger partial charge in [0.2, 0.25) is 0 Å². The largest absolute Gasteiger partial charge is 0.355 e. The molecule has 1 fully saturated rings. The van der Waals surface area contributed by atoms with Crippen LogP contribution in [0.3, 0.4) is 0 Å². The second-order valence-electron chi connectivity index (χ2n) is 4.55. The van der Waals surface area contributed by atoms with Crippen LogP contribution in [0.1, 0.15) is 25.7 Å². The molecule has 17 heavy (non-hydrogen) atoms. The van der Waals surface area contributed by atoms with Gasteiger partial charge in [0.1, 0.15) is 5.02 Å². The number of aromatic nitrogens is 2. The van der Waals surface area contributed by atoms with Gasteiger partial charge in [0, 0.05) is 19.1 Å². The van der Waals surface area contributed by atoms with E-state index in [0.717, 1.165) is 25.7 Å². The van der Waals surface area contributed by atoms with E-state index in [0.29, 0.717) is 17.9 Å². The maximum atomic E-state index is 11.4. The second-order valence-corrected chi connectivity index (χ2v) is 4.93. The molecule has 0 radical (unpaired) electrons. The Morgan fingerprint density at radius 3 is 2.76 bits per heavy atom. The third-order valence-corrected chi connectivity index (χ3v) is 3.74. The van der Waals surface area contributed by atoms with Crippen LogP contribution < -0.4 is 16.2 Å². The molecule has 2 rings (SSSR count). The van der Waals surface area contributed by atoms with Gasteiger partial charge in [-0.15, -0.1) is 0 Å². The number of aromatic amines is 1. The Hall–Kier alpha value is -1.07. The number of rotatable bonds is 2. The van der Waals surface area contributed by atoms with E-state index < -0.39 is 0 Å². The van der Waals surface area contributed by atoms with Crippen molar-refractivity contribution in [3.8, 4) is 0 Å². The lowest BCUT2D eigenvalue weighted by molar-refractivity contribution is 0.383. The molecule has 1 heterocycles. The Labute approximate surface area is 105 Å². The molecule has 0 spiro atoms. The number of nitrogens with one attached hydrogen (secondary N) is 1. The summed E-state index contributed by atoms with van der Waals surface area (Å²) >= 11 is 5.96. The lowest BCUT2D eigenvalue weighted by Crippen LogP contribution is -2.39. The summed E-state index contributed by atoms with van der Waals surface area (Å²) in [6.07, 6.45) is 5.44. The van der Waals surface area contributed by atoms with Crippen molar-refractivity contribution in [2.45, 2.75) is 37.8 Å². The maximum Gasteiger partial charge on any atom is 0.271 e. The van der Waals surface area contributed by atoms with Crippen LogP contribution in [0, 0.1) is 0 Å². The predicted molar refractivity (Wildman–Crippen MR) is 68.5 cm³/mol. The standard InChI is InChI=1S/C11H17ClN4O/c1-16(8-4-2-7(13)3-5-8)10-9(12)11(17)15-6-14-10/h6-8H,2-5,13H2,1H3,(H,14,15,17). The smallest absolute Gasteiger partial charge is 0.271 e. The molecular formula is C11H17ClN4O. The highest BCUT2D eigenvalue weighted by Crippen LogP contribution is 2.26. The van der Waals surface area contributed by atoms with Gasteiger partial charge in [-0.2, -0.15) is 0 Å². The van der Waals surface area contributed by atoms with E-state index in [1.165, 1.54) is 6.33 Å². The van der Waals surface area contributed by atoms with Crippen LogP contribution in [0.5, 0.6) is 0 Å². The average Bonchev–Trinajstić information content (AvgIpc) is 2.33. The summed E-state index contributed by atoms with van der Waals surface area (Å²) < 4.78 is 0. The quantitative estimate of drug-likeness (QED) is 0.832. The van der Waals surface area contributed by atoms with Gasteiger partial charge in [0.25, 0.3) is 5.56 Å². The van der Waals surface area contributed by atoms with Gasteiger partial charge in [-0.1, -0.05) is 11.6 Å². The Morgan fingerprint density at radius 2 is 2.12 bits per heavy atom. The third-order valence-electron chi connectivity index (χ3n) is 3.40. The van der Waals surface area contributed by atoms with E-state index in [1.807, 2.05) is 11.9 Å². The number of nitrogens with two attached hydrogens (primary N) is 1. The second kappa shape index (κ2) is 5.06. The molecule has 6 heteroatoms. The van der Waals surface area contributed by atoms with Crippen molar-refractivity contribution in [1.82, 2.24) is 9.97 Å². The topological polar surface area (TPSA) is 75.0 Å². The number of halogens is 1. The first-order valence-electron chi connectivity index (χ1n) is 5.81. The molecule has 0 saturated heterocycles. The Balaban J connectivity index is 2.17. The van der Waals surface area contributed by atoms with Gasteiger partial charge >= 0.3 is 0 Å². The molecule has 0 unspecified atom stereocenters. The van der Waals surface area contributed by atoms with Crippen molar-refractivity contribution < 1.29 is 0 Å². The molecule has 94 valence electrons. The van der Waals surface area contributed by atoms with Crippen molar-refractivity contribution in [3.63, 3.8) is 0 Å². The molecule has 0 bridgehead atoms. The lowest BCUT2D eigenvalue weighted by atomic mass is 9.91. The summed E-state index contributed by atoms with van der Waals surface area (Å²) in [5, 5.41) is 0.157. The molecule has 1 saturated carbocycles. The first kappa shape index (κ1) is 12.4. The molecule has 0 aromatic carbocycles. The normalized spacial score (nSPS) is 24.6. The van der Waals surface area contributed by atoms with Crippen molar-refractivity contribution in [3.05, 3.63) is 21.7 Å². The van der Waals surface area contributed by atoms with E-state index in [1.54, 1.807) is 0 Å². The predicted octanol–water partition coefficient (Wildman–Crippen LogP) is 1.13. The summed E-state index contributed by atoms with van der Waals surface area (Å²) in [5.41, 5.74) is 5.58. The number of anilines is 1. The number of H-pyrrole nitrogens is 1. The molecule has 3 N–H and O–H groups in total. The van der Waals surface area contributed by atoms with Crippen molar-refractivity contribution in [2.24, 2.45) is 5.73 Å². The lowest BCUT2D eigenvalue weighted by Gasteiger charge is -2.34. The molecule has 1 aromatic heterocycles. The van der Waals surface area contributed by atoms with Crippen LogP contribution in [0.15, 0.2) is 11.1 Å². The fourth-order valence-electron chi connectivity index (χ4n) is 2.28. The molecule has 1 aliphatic rings. The van der Waals surface area contributed by atoms with Crippen molar-refractivity contribution >= 4 is 17.4 Å². The third kappa shape index (κ3) is 2.61. The highest BCUT2D eigenvalue weighted by Gasteiger charge is 2.24. The fraction of sp³-hybridized carbons (Fsp3) is 0.636. The molecule has 0 atom stereocenters. The van der Waals surface area contributed by atoms with E-state index in [2.05, 4.69) is 9.97 Å². The number of hydrogen-bond acceptors (Lipinski definition) is 4. The van der Waals surface area contributed by atoms with Gasteiger partial charge in [-0.25, -0.2) is 4.98 Å². The first-order valence-corrected chi connectivity index (χ1v) is 6.19. The minimum atomic E-state index is -0.295. The summed E-state index contributed by atoms with van der Waals surface area (Å²) in [5.74, 6) is 0.552. The van der Waals surface area contributed by atoms with Gasteiger partial charge in [-0.05, 0) is 25.7 Å². The van der Waals surface area contributed by atoms with Gasteiger partial charge < -0.3 is 15.6 Å². The molecule has 1 aliphatic carbocycles. The van der Waals surface area contributed by atoms with Crippen molar-refractivity contribution in [2.75, 3.05) is 11.9 Å². The average molecular weight is 257 g/mol. The zero-order valence-electron chi connectivity index (χ0n) is 9.82. The summed E-state index contributed by atoms with van der Waals surface area (Å²) in [7, 11) is 1.93. The van der Waals surface area contributed by atoms with Crippen molar-refractivity contribution in [1.29, 1.82) is 0 Å². The molecule has 0 amide bonds. The van der Waals surface area contributed by atoms with E-state index >= 15 is 0 Å². The maximum absolute atomic E-state index is 11.4. The van der Waals surface area contributed by atoms with Crippen LogP contribution in [0.4, 0.5) is 5.82 Å². The van der Waals surface area contributed by atoms with Gasteiger partial charge in [0.15, 0.2) is 5.82 Å². The summed E-state index contributed by atoms with van der Waals surface area (Å²) in [4.78, 5) is 20.0. The Bertz CT molecular complexity index is 439. The molecular weight excluding hydrogens is 240 g/mol. The molecule has 5 nitrogen and oxygen atoms in total. The van der Waals surface area contributed by atoms with Crippen LogP contribution in [0.25, 0.3) is 0 Å². The summed E-state index contributed by atoms with van der Waals surface area (Å²) in [6.45, 7) is 0. The SMILES string of the molecule is CN(c1nc[nH]c(=O)c1Cl)C1CCC(N)CC1. The van der Waals surface area contributed by atoms with Crippen LogP contribution >= 0.6 is 11.6 Å².